The molecule has 2 saturated carbocycles. The van der Waals surface area contributed by atoms with Gasteiger partial charge < -0.3 is 9.47 Å². The molecule has 7 unspecified atom stereocenters. The van der Waals surface area contributed by atoms with Crippen molar-refractivity contribution in [2.45, 2.75) is 42.1 Å². The second-order valence-corrected chi connectivity index (χ2v) is 14.5. The monoisotopic (exact) mass is 591 g/mol. The number of ether oxygens (including phenoxy) is 2. The van der Waals surface area contributed by atoms with Gasteiger partial charge in [-0.1, -0.05) is 84.9 Å². The minimum atomic E-state index is -3.78. The maximum Gasteiger partial charge on any atom is 0.316 e. The van der Waals surface area contributed by atoms with Gasteiger partial charge in [0.2, 0.25) is 10.0 Å². The Labute approximate surface area is 249 Å². The Morgan fingerprint density at radius 1 is 0.721 bits per heavy atom. The summed E-state index contributed by atoms with van der Waals surface area (Å²) in [6.45, 7) is 0. The fraction of sp³-hybridized carbons (Fsp3) is 0.314. The minimum absolute atomic E-state index is 0.104. The van der Waals surface area contributed by atoms with Crippen LogP contribution in [0.1, 0.15) is 46.9 Å². The molecule has 1 aliphatic heterocycles. The predicted molar refractivity (Wildman–Crippen MR) is 159 cm³/mol. The molecular weight excluding hydrogens is 562 g/mol. The predicted octanol–water partition coefficient (Wildman–Crippen LogP) is 4.89. The summed E-state index contributed by atoms with van der Waals surface area (Å²) in [7, 11) is -3.78. The molecule has 7 nitrogen and oxygen atoms in total. The molecule has 0 radical (unpaired) electrons. The normalized spacial score (nSPS) is 33.6. The SMILES string of the molecule is O=C(OC1C2CC3C1NS(=O)(=O)C3C2C(=O)Oc1cccc2ccccc12)C1CC2c3ccccc3C1c1ccccc12. The average Bonchev–Trinajstić information content (AvgIpc) is 3.64. The molecule has 43 heavy (non-hydrogen) atoms. The molecule has 216 valence electrons. The Bertz CT molecular complexity index is 1900. The fourth-order valence-corrected chi connectivity index (χ4v) is 11.5. The van der Waals surface area contributed by atoms with Crippen LogP contribution in [0.2, 0.25) is 0 Å². The van der Waals surface area contributed by atoms with Crippen LogP contribution in [-0.2, 0) is 24.3 Å². The lowest BCUT2D eigenvalue weighted by molar-refractivity contribution is -0.162. The number of carbonyl (C=O) groups is 2. The number of sulfonamides is 1. The van der Waals surface area contributed by atoms with Crippen LogP contribution in [0.15, 0.2) is 91.0 Å². The summed E-state index contributed by atoms with van der Waals surface area (Å²) in [6.07, 6.45) is 0.420. The van der Waals surface area contributed by atoms with Gasteiger partial charge in [0, 0.05) is 23.1 Å². The highest BCUT2D eigenvalue weighted by atomic mass is 32.2. The first-order chi connectivity index (χ1) is 20.9. The van der Waals surface area contributed by atoms with Gasteiger partial charge in [0.25, 0.3) is 0 Å². The van der Waals surface area contributed by atoms with E-state index < -0.39 is 45.2 Å². The quantitative estimate of drug-likeness (QED) is 0.268. The zero-order valence-electron chi connectivity index (χ0n) is 23.1. The van der Waals surface area contributed by atoms with Gasteiger partial charge in [0.05, 0.1) is 23.1 Å². The average molecular weight is 592 g/mol. The van der Waals surface area contributed by atoms with E-state index in [0.29, 0.717) is 18.6 Å². The van der Waals surface area contributed by atoms with Gasteiger partial charge in [-0.3, -0.25) is 9.59 Å². The highest BCUT2D eigenvalue weighted by molar-refractivity contribution is 7.90. The molecule has 6 aliphatic rings. The Kier molecular flexibility index (Phi) is 5.34. The number of rotatable bonds is 4. The fourth-order valence-electron chi connectivity index (χ4n) is 9.17. The summed E-state index contributed by atoms with van der Waals surface area (Å²) in [5.41, 5.74) is 4.84. The highest BCUT2D eigenvalue weighted by Gasteiger charge is 2.71. The van der Waals surface area contributed by atoms with Crippen molar-refractivity contribution in [1.29, 1.82) is 0 Å². The van der Waals surface area contributed by atoms with Crippen LogP contribution in [-0.4, -0.2) is 37.8 Å². The van der Waals surface area contributed by atoms with Crippen LogP contribution < -0.4 is 9.46 Å². The van der Waals surface area contributed by atoms with E-state index in [0.717, 1.165) is 21.9 Å². The Hall–Kier alpha value is -4.01. The summed E-state index contributed by atoms with van der Waals surface area (Å²) in [5.74, 6) is -2.56. The van der Waals surface area contributed by atoms with Gasteiger partial charge in [0.15, 0.2) is 0 Å². The Balaban J connectivity index is 1.03. The van der Waals surface area contributed by atoms with Crippen molar-refractivity contribution in [3.63, 3.8) is 0 Å². The molecule has 0 amide bonds. The number of hydrogen-bond donors (Lipinski definition) is 1. The van der Waals surface area contributed by atoms with Crippen molar-refractivity contribution in [2.75, 3.05) is 0 Å². The third-order valence-corrected chi connectivity index (χ3v) is 12.7. The molecule has 3 fully saturated rings. The first kappa shape index (κ1) is 25.5. The van der Waals surface area contributed by atoms with Crippen LogP contribution >= 0.6 is 0 Å². The first-order valence-corrected chi connectivity index (χ1v) is 16.5. The smallest absolute Gasteiger partial charge is 0.316 e. The molecule has 4 aromatic rings. The second kappa shape index (κ2) is 9.00. The Morgan fingerprint density at radius 2 is 1.37 bits per heavy atom. The van der Waals surface area contributed by atoms with E-state index in [1.165, 1.54) is 11.1 Å². The first-order valence-electron chi connectivity index (χ1n) is 15.0. The Morgan fingerprint density at radius 3 is 2.12 bits per heavy atom. The summed E-state index contributed by atoms with van der Waals surface area (Å²) >= 11 is 0. The zero-order valence-corrected chi connectivity index (χ0v) is 23.9. The molecule has 8 heteroatoms. The van der Waals surface area contributed by atoms with Crippen LogP contribution in [0.3, 0.4) is 0 Å². The number of benzene rings is 4. The van der Waals surface area contributed by atoms with Crippen molar-refractivity contribution in [3.05, 3.63) is 113 Å². The molecule has 0 aromatic heterocycles. The largest absolute Gasteiger partial charge is 0.460 e. The second-order valence-electron chi connectivity index (χ2n) is 12.7. The lowest BCUT2D eigenvalue weighted by atomic mass is 9.59. The van der Waals surface area contributed by atoms with Crippen LogP contribution in [0.5, 0.6) is 5.75 Å². The number of esters is 2. The van der Waals surface area contributed by atoms with Gasteiger partial charge in [-0.05, 0) is 52.5 Å². The molecule has 4 bridgehead atoms. The van der Waals surface area contributed by atoms with Gasteiger partial charge in [-0.2, -0.15) is 0 Å². The zero-order chi connectivity index (χ0) is 29.0. The summed E-state index contributed by atoms with van der Waals surface area (Å²) in [5, 5.41) is 0.819. The van der Waals surface area contributed by atoms with Crippen LogP contribution in [0.25, 0.3) is 10.8 Å². The molecule has 7 atom stereocenters. The maximum atomic E-state index is 14.1. The molecule has 1 heterocycles. The summed E-state index contributed by atoms with van der Waals surface area (Å²) < 4.78 is 41.6. The number of hydrogen-bond acceptors (Lipinski definition) is 6. The van der Waals surface area contributed by atoms with E-state index in [4.69, 9.17) is 9.47 Å². The van der Waals surface area contributed by atoms with Crippen molar-refractivity contribution in [1.82, 2.24) is 4.72 Å². The molecular formula is C35H29NO6S. The number of carbonyl (C=O) groups excluding carboxylic acids is 2. The van der Waals surface area contributed by atoms with Crippen molar-refractivity contribution < 1.29 is 27.5 Å². The van der Waals surface area contributed by atoms with E-state index in [1.807, 2.05) is 60.7 Å². The number of fused-ring (bicyclic) bond motifs is 3. The highest BCUT2D eigenvalue weighted by Crippen LogP contribution is 2.58. The van der Waals surface area contributed by atoms with E-state index >= 15 is 0 Å². The molecule has 5 aliphatic carbocycles. The van der Waals surface area contributed by atoms with Crippen LogP contribution in [0, 0.1) is 23.7 Å². The van der Waals surface area contributed by atoms with E-state index in [2.05, 4.69) is 29.0 Å². The standard InChI is InChI=1S/C35H29NO6S/c37-34(26-16-24-20-11-3-5-13-22(20)29(26)23-14-6-4-12-21(23)24)42-32-25-17-27-31(32)36-43(39,40)33(27)30(25)35(38)41-28-15-7-9-18-8-1-2-10-19(18)28/h1-15,24-27,29-33,36H,16-17H2. The molecule has 1 N–H and O–H groups in total. The van der Waals surface area contributed by atoms with E-state index in [9.17, 15) is 18.0 Å². The molecule has 1 saturated heterocycles. The van der Waals surface area contributed by atoms with E-state index in [1.54, 1.807) is 6.07 Å². The summed E-state index contributed by atoms with van der Waals surface area (Å²) in [6, 6.07) is 29.2. The van der Waals surface area contributed by atoms with Crippen molar-refractivity contribution in [2.24, 2.45) is 23.7 Å². The minimum Gasteiger partial charge on any atom is -0.460 e. The van der Waals surface area contributed by atoms with Crippen LogP contribution in [0.4, 0.5) is 0 Å². The lowest BCUT2D eigenvalue weighted by Crippen LogP contribution is -2.49. The third-order valence-electron chi connectivity index (χ3n) is 10.8. The van der Waals surface area contributed by atoms with Gasteiger partial charge in [-0.15, -0.1) is 0 Å². The van der Waals surface area contributed by atoms with Crippen molar-refractivity contribution in [3.8, 4) is 5.75 Å². The topological polar surface area (TPSA) is 98.8 Å². The third kappa shape index (κ3) is 3.53. The molecule has 0 spiro atoms. The molecule has 10 rings (SSSR count). The van der Waals surface area contributed by atoms with Gasteiger partial charge >= 0.3 is 11.9 Å². The number of nitrogens with one attached hydrogen (secondary N) is 1. The van der Waals surface area contributed by atoms with Crippen molar-refractivity contribution >= 4 is 32.7 Å². The van der Waals surface area contributed by atoms with Gasteiger partial charge in [-0.25, -0.2) is 13.1 Å². The lowest BCUT2D eigenvalue weighted by Gasteiger charge is -2.45. The van der Waals surface area contributed by atoms with E-state index in [-0.39, 0.29) is 29.6 Å². The summed E-state index contributed by atoms with van der Waals surface area (Å²) in [4.78, 5) is 27.9. The maximum absolute atomic E-state index is 14.1. The van der Waals surface area contributed by atoms with Gasteiger partial charge in [0.1, 0.15) is 11.9 Å². The molecule has 4 aromatic carbocycles.